The maximum absolute atomic E-state index is 10.3. The molecule has 0 saturated carbocycles. The molecule has 2 atom stereocenters. The van der Waals surface area contributed by atoms with Gasteiger partial charge in [-0.05, 0) is 23.1 Å². The average molecular weight is 256 g/mol. The van der Waals surface area contributed by atoms with Gasteiger partial charge in [-0.1, -0.05) is 67.9 Å². The number of hydrogen-bond acceptors (Lipinski definition) is 2. The molecule has 19 heavy (non-hydrogen) atoms. The van der Waals surface area contributed by atoms with Gasteiger partial charge in [0.1, 0.15) is 12.2 Å². The molecule has 2 aromatic rings. The van der Waals surface area contributed by atoms with Crippen molar-refractivity contribution in [1.82, 2.24) is 0 Å². The minimum Gasteiger partial charge on any atom is -0.385 e. The molecule has 2 aromatic carbocycles. The molecule has 0 bridgehead atoms. The molecule has 0 aromatic heterocycles. The zero-order chi connectivity index (χ0) is 13.7. The summed E-state index contributed by atoms with van der Waals surface area (Å²) >= 11 is 0. The van der Waals surface area contributed by atoms with Gasteiger partial charge < -0.3 is 10.2 Å². The van der Waals surface area contributed by atoms with E-state index < -0.39 is 12.2 Å². The highest BCUT2D eigenvalue weighted by molar-refractivity contribution is 5.28. The lowest BCUT2D eigenvalue weighted by Gasteiger charge is -2.19. The van der Waals surface area contributed by atoms with Crippen LogP contribution in [0.3, 0.4) is 0 Å². The third-order valence-corrected chi connectivity index (χ3v) is 3.27. The zero-order valence-corrected chi connectivity index (χ0v) is 11.2. The van der Waals surface area contributed by atoms with Gasteiger partial charge >= 0.3 is 0 Å². The maximum atomic E-state index is 10.3. The van der Waals surface area contributed by atoms with Crippen LogP contribution in [0.2, 0.25) is 0 Å². The lowest BCUT2D eigenvalue weighted by Crippen LogP contribution is -2.10. The monoisotopic (exact) mass is 256 g/mol. The van der Waals surface area contributed by atoms with Crippen molar-refractivity contribution in [2.75, 3.05) is 0 Å². The van der Waals surface area contributed by atoms with Gasteiger partial charge in [0.25, 0.3) is 0 Å². The summed E-state index contributed by atoms with van der Waals surface area (Å²) in [5.74, 6) is 0. The molecular weight excluding hydrogens is 236 g/mol. The molecule has 0 aliphatic rings. The number of aliphatic hydroxyl groups excluding tert-OH is 2. The third-order valence-electron chi connectivity index (χ3n) is 3.27. The quantitative estimate of drug-likeness (QED) is 0.860. The Morgan fingerprint density at radius 1 is 0.842 bits per heavy atom. The Morgan fingerprint density at radius 3 is 2.16 bits per heavy atom. The van der Waals surface area contributed by atoms with Crippen LogP contribution in [0, 0.1) is 0 Å². The molecule has 0 saturated heterocycles. The van der Waals surface area contributed by atoms with E-state index in [4.69, 9.17) is 0 Å². The molecule has 2 rings (SSSR count). The number of benzene rings is 2. The average Bonchev–Trinajstić information content (AvgIpc) is 2.47. The van der Waals surface area contributed by atoms with Gasteiger partial charge in [-0.15, -0.1) is 0 Å². The molecule has 0 spiro atoms. The Labute approximate surface area is 114 Å². The van der Waals surface area contributed by atoms with Crippen molar-refractivity contribution in [2.45, 2.75) is 32.0 Å². The van der Waals surface area contributed by atoms with Crippen molar-refractivity contribution >= 4 is 0 Å². The number of rotatable bonds is 5. The summed E-state index contributed by atoms with van der Waals surface area (Å²) in [6.07, 6.45) is 0.278. The predicted molar refractivity (Wildman–Crippen MR) is 76.8 cm³/mol. The highest BCUT2D eigenvalue weighted by Crippen LogP contribution is 2.28. The zero-order valence-electron chi connectivity index (χ0n) is 11.2. The molecule has 100 valence electrons. The van der Waals surface area contributed by atoms with Crippen molar-refractivity contribution in [1.29, 1.82) is 0 Å². The second kappa shape index (κ2) is 6.50. The fourth-order valence-electron chi connectivity index (χ4n) is 2.24. The van der Waals surface area contributed by atoms with Crippen LogP contribution in [0.5, 0.6) is 0 Å². The minimum atomic E-state index is -0.891. The van der Waals surface area contributed by atoms with Gasteiger partial charge in [0.15, 0.2) is 0 Å². The Hall–Kier alpha value is -1.64. The summed E-state index contributed by atoms with van der Waals surface area (Å²) in [5.41, 5.74) is 2.69. The molecule has 2 N–H and O–H groups in total. The molecule has 0 aliphatic heterocycles. The third kappa shape index (κ3) is 3.43. The lowest BCUT2D eigenvalue weighted by molar-refractivity contribution is 0.0172. The molecule has 0 heterocycles. The van der Waals surface area contributed by atoms with Gasteiger partial charge in [0, 0.05) is 0 Å². The second-order valence-corrected chi connectivity index (χ2v) is 4.80. The number of aryl methyl sites for hydroxylation is 1. The standard InChI is InChI=1S/C17H20O2/c1-2-7-13-8-6-11-15(12-13)17(19)16(18)14-9-4-3-5-10-14/h3-6,8-12,16-19H,2,7H2,1H3. The normalized spacial score (nSPS) is 14.1. The van der Waals surface area contributed by atoms with Gasteiger partial charge in [0.2, 0.25) is 0 Å². The minimum absolute atomic E-state index is 0.732. The molecule has 0 fully saturated rings. The first-order chi connectivity index (χ1) is 9.22. The van der Waals surface area contributed by atoms with Crippen LogP contribution in [-0.2, 0) is 6.42 Å². The Balaban J connectivity index is 2.19. The van der Waals surface area contributed by atoms with Crippen molar-refractivity contribution in [3.63, 3.8) is 0 Å². The second-order valence-electron chi connectivity index (χ2n) is 4.80. The first-order valence-electron chi connectivity index (χ1n) is 6.72. The van der Waals surface area contributed by atoms with Crippen molar-refractivity contribution in [3.8, 4) is 0 Å². The van der Waals surface area contributed by atoms with Gasteiger partial charge in [-0.2, -0.15) is 0 Å². The highest BCUT2D eigenvalue weighted by atomic mass is 16.3. The van der Waals surface area contributed by atoms with Crippen molar-refractivity contribution in [3.05, 3.63) is 71.3 Å². The van der Waals surface area contributed by atoms with Gasteiger partial charge in [0.05, 0.1) is 0 Å². The molecule has 0 amide bonds. The molecule has 0 radical (unpaired) electrons. The van der Waals surface area contributed by atoms with Crippen LogP contribution in [0.15, 0.2) is 54.6 Å². The van der Waals surface area contributed by atoms with Crippen LogP contribution < -0.4 is 0 Å². The largest absolute Gasteiger partial charge is 0.385 e. The van der Waals surface area contributed by atoms with E-state index in [0.29, 0.717) is 0 Å². The van der Waals surface area contributed by atoms with Crippen LogP contribution in [-0.4, -0.2) is 10.2 Å². The fourth-order valence-corrected chi connectivity index (χ4v) is 2.24. The number of aliphatic hydroxyl groups is 2. The molecule has 2 heteroatoms. The van der Waals surface area contributed by atoms with E-state index in [1.165, 1.54) is 5.56 Å². The molecule has 2 unspecified atom stereocenters. The van der Waals surface area contributed by atoms with Gasteiger partial charge in [-0.25, -0.2) is 0 Å². The molecule has 2 nitrogen and oxygen atoms in total. The van der Waals surface area contributed by atoms with Crippen LogP contribution >= 0.6 is 0 Å². The summed E-state index contributed by atoms with van der Waals surface area (Å²) in [5, 5.41) is 20.5. The number of hydrogen-bond donors (Lipinski definition) is 2. The van der Waals surface area contributed by atoms with E-state index in [1.807, 2.05) is 48.5 Å². The Morgan fingerprint density at radius 2 is 1.47 bits per heavy atom. The van der Waals surface area contributed by atoms with E-state index in [2.05, 4.69) is 13.0 Å². The van der Waals surface area contributed by atoms with Crippen LogP contribution in [0.1, 0.15) is 42.2 Å². The van der Waals surface area contributed by atoms with E-state index in [9.17, 15) is 10.2 Å². The van der Waals surface area contributed by atoms with Gasteiger partial charge in [-0.3, -0.25) is 0 Å². The van der Waals surface area contributed by atoms with E-state index in [0.717, 1.165) is 24.0 Å². The summed E-state index contributed by atoms with van der Waals surface area (Å²) < 4.78 is 0. The van der Waals surface area contributed by atoms with E-state index in [-0.39, 0.29) is 0 Å². The SMILES string of the molecule is CCCc1cccc(C(O)C(O)c2ccccc2)c1. The van der Waals surface area contributed by atoms with E-state index >= 15 is 0 Å². The molecular formula is C17H20O2. The van der Waals surface area contributed by atoms with Crippen LogP contribution in [0.4, 0.5) is 0 Å². The highest BCUT2D eigenvalue weighted by Gasteiger charge is 2.19. The van der Waals surface area contributed by atoms with Crippen molar-refractivity contribution < 1.29 is 10.2 Å². The Bertz CT molecular complexity index is 508. The lowest BCUT2D eigenvalue weighted by atomic mass is 9.96. The topological polar surface area (TPSA) is 40.5 Å². The summed E-state index contributed by atoms with van der Waals surface area (Å²) in [6, 6.07) is 17.1. The Kier molecular flexibility index (Phi) is 4.72. The van der Waals surface area contributed by atoms with E-state index in [1.54, 1.807) is 0 Å². The van der Waals surface area contributed by atoms with Crippen LogP contribution in [0.25, 0.3) is 0 Å². The molecule has 0 aliphatic carbocycles. The first kappa shape index (κ1) is 13.8. The summed E-state index contributed by atoms with van der Waals surface area (Å²) in [4.78, 5) is 0. The first-order valence-corrected chi connectivity index (χ1v) is 6.72. The predicted octanol–water partition coefficient (Wildman–Crippen LogP) is 3.41. The smallest absolute Gasteiger partial charge is 0.109 e. The summed E-state index contributed by atoms with van der Waals surface area (Å²) in [7, 11) is 0. The fraction of sp³-hybridized carbons (Fsp3) is 0.294. The maximum Gasteiger partial charge on any atom is 0.109 e. The summed E-state index contributed by atoms with van der Waals surface area (Å²) in [6.45, 7) is 2.13. The van der Waals surface area contributed by atoms with Crippen molar-refractivity contribution in [2.24, 2.45) is 0 Å².